The first-order valence-electron chi connectivity index (χ1n) is 5.23. The van der Waals surface area contributed by atoms with Crippen molar-refractivity contribution in [2.24, 2.45) is 0 Å². The van der Waals surface area contributed by atoms with Gasteiger partial charge in [-0.1, -0.05) is 31.2 Å². The Balaban J connectivity index is 2.52. The Bertz CT molecular complexity index is 369. The van der Waals surface area contributed by atoms with E-state index in [9.17, 15) is 4.79 Å². The maximum absolute atomic E-state index is 10.9. The van der Waals surface area contributed by atoms with E-state index in [2.05, 4.69) is 0 Å². The molecule has 0 aliphatic carbocycles. The Labute approximate surface area is 95.7 Å². The summed E-state index contributed by atoms with van der Waals surface area (Å²) < 4.78 is 10.1. The summed E-state index contributed by atoms with van der Waals surface area (Å²) in [5.41, 5.74) is 0.970. The second-order valence-electron chi connectivity index (χ2n) is 3.18. The van der Waals surface area contributed by atoms with Crippen LogP contribution in [0.25, 0.3) is 6.08 Å². The standard InChI is InChI=1S/C13H16O3/c1-3-13(14)16-10-6-8-11-7-4-5-9-12(11)15-2/h4-9H,3,10H2,1-2H3/b8-6+. The third-order valence-electron chi connectivity index (χ3n) is 2.07. The van der Waals surface area contributed by atoms with E-state index in [4.69, 9.17) is 9.47 Å². The maximum Gasteiger partial charge on any atom is 0.305 e. The van der Waals surface area contributed by atoms with Gasteiger partial charge >= 0.3 is 5.97 Å². The van der Waals surface area contributed by atoms with Gasteiger partial charge in [0.1, 0.15) is 12.4 Å². The number of carbonyl (C=O) groups is 1. The summed E-state index contributed by atoms with van der Waals surface area (Å²) in [4.78, 5) is 10.9. The minimum Gasteiger partial charge on any atom is -0.496 e. The zero-order valence-electron chi connectivity index (χ0n) is 9.60. The van der Waals surface area contributed by atoms with Gasteiger partial charge in [-0.25, -0.2) is 0 Å². The van der Waals surface area contributed by atoms with Crippen LogP contribution in [0.15, 0.2) is 30.3 Å². The van der Waals surface area contributed by atoms with Gasteiger partial charge in [-0.05, 0) is 12.1 Å². The number of esters is 1. The molecule has 0 atom stereocenters. The van der Waals surface area contributed by atoms with Crippen LogP contribution in [0.4, 0.5) is 0 Å². The Kier molecular flexibility index (Phi) is 5.12. The van der Waals surface area contributed by atoms with Crippen molar-refractivity contribution in [2.45, 2.75) is 13.3 Å². The van der Waals surface area contributed by atoms with Crippen molar-refractivity contribution in [3.63, 3.8) is 0 Å². The topological polar surface area (TPSA) is 35.5 Å². The van der Waals surface area contributed by atoms with E-state index in [-0.39, 0.29) is 5.97 Å². The summed E-state index contributed by atoms with van der Waals surface area (Å²) >= 11 is 0. The molecule has 0 saturated carbocycles. The fourth-order valence-corrected chi connectivity index (χ4v) is 1.22. The highest BCUT2D eigenvalue weighted by atomic mass is 16.5. The highest BCUT2D eigenvalue weighted by molar-refractivity contribution is 5.69. The lowest BCUT2D eigenvalue weighted by Gasteiger charge is -2.03. The van der Waals surface area contributed by atoms with Gasteiger partial charge in [-0.3, -0.25) is 4.79 Å². The van der Waals surface area contributed by atoms with Gasteiger partial charge in [0.05, 0.1) is 7.11 Å². The number of hydrogen-bond acceptors (Lipinski definition) is 3. The smallest absolute Gasteiger partial charge is 0.305 e. The molecule has 1 rings (SSSR count). The molecule has 1 aromatic carbocycles. The predicted molar refractivity (Wildman–Crippen MR) is 63.3 cm³/mol. The van der Waals surface area contributed by atoms with Crippen LogP contribution in [0, 0.1) is 0 Å². The molecule has 0 spiro atoms. The number of para-hydroxylation sites is 1. The van der Waals surface area contributed by atoms with Crippen molar-refractivity contribution >= 4 is 12.0 Å². The molecule has 0 radical (unpaired) electrons. The number of methoxy groups -OCH3 is 1. The van der Waals surface area contributed by atoms with Gasteiger partial charge < -0.3 is 9.47 Å². The first-order valence-corrected chi connectivity index (χ1v) is 5.23. The van der Waals surface area contributed by atoms with Crippen LogP contribution in [-0.2, 0) is 9.53 Å². The molecule has 0 N–H and O–H groups in total. The van der Waals surface area contributed by atoms with Gasteiger partial charge in [-0.15, -0.1) is 0 Å². The lowest BCUT2D eigenvalue weighted by Crippen LogP contribution is -2.01. The van der Waals surface area contributed by atoms with Crippen LogP contribution in [0.2, 0.25) is 0 Å². The molecule has 0 unspecified atom stereocenters. The van der Waals surface area contributed by atoms with E-state index < -0.39 is 0 Å². The molecule has 0 aliphatic rings. The van der Waals surface area contributed by atoms with E-state index in [1.54, 1.807) is 20.1 Å². The molecule has 86 valence electrons. The third-order valence-corrected chi connectivity index (χ3v) is 2.07. The van der Waals surface area contributed by atoms with Crippen LogP contribution in [0.3, 0.4) is 0 Å². The van der Waals surface area contributed by atoms with Crippen LogP contribution in [-0.4, -0.2) is 19.7 Å². The zero-order chi connectivity index (χ0) is 11.8. The predicted octanol–water partition coefficient (Wildman–Crippen LogP) is 2.66. The Hall–Kier alpha value is -1.77. The van der Waals surface area contributed by atoms with E-state index in [0.29, 0.717) is 13.0 Å². The number of carbonyl (C=O) groups excluding carboxylic acids is 1. The van der Waals surface area contributed by atoms with Gasteiger partial charge in [0.25, 0.3) is 0 Å². The summed E-state index contributed by atoms with van der Waals surface area (Å²) in [6, 6.07) is 7.67. The fraction of sp³-hybridized carbons (Fsp3) is 0.308. The van der Waals surface area contributed by atoms with Crippen LogP contribution in [0.5, 0.6) is 5.75 Å². The second kappa shape index (κ2) is 6.67. The first-order chi connectivity index (χ1) is 7.77. The molecule has 3 heteroatoms. The van der Waals surface area contributed by atoms with E-state index >= 15 is 0 Å². The van der Waals surface area contributed by atoms with Crippen LogP contribution < -0.4 is 4.74 Å². The molecule has 3 nitrogen and oxygen atoms in total. The second-order valence-corrected chi connectivity index (χ2v) is 3.18. The van der Waals surface area contributed by atoms with E-state index in [1.165, 1.54) is 0 Å². The quantitative estimate of drug-likeness (QED) is 0.716. The molecule has 16 heavy (non-hydrogen) atoms. The highest BCUT2D eigenvalue weighted by Gasteiger charge is 1.97. The summed E-state index contributed by atoms with van der Waals surface area (Å²) in [6.45, 7) is 2.07. The largest absolute Gasteiger partial charge is 0.496 e. The minimum absolute atomic E-state index is 0.190. The normalized spacial score (nSPS) is 10.4. The van der Waals surface area contributed by atoms with Crippen molar-refractivity contribution < 1.29 is 14.3 Å². The molecule has 0 bridgehead atoms. The van der Waals surface area contributed by atoms with Gasteiger partial charge in [-0.2, -0.15) is 0 Å². The number of hydrogen-bond donors (Lipinski definition) is 0. The SMILES string of the molecule is CCC(=O)OC/C=C/c1ccccc1OC. The maximum atomic E-state index is 10.9. The molecule has 0 aromatic heterocycles. The molecule has 0 amide bonds. The number of benzene rings is 1. The summed E-state index contributed by atoms with van der Waals surface area (Å²) in [6.07, 6.45) is 4.08. The number of ether oxygens (including phenoxy) is 2. The van der Waals surface area contributed by atoms with Crippen LogP contribution >= 0.6 is 0 Å². The summed E-state index contributed by atoms with van der Waals surface area (Å²) in [5.74, 6) is 0.616. The summed E-state index contributed by atoms with van der Waals surface area (Å²) in [7, 11) is 1.63. The average molecular weight is 220 g/mol. The van der Waals surface area contributed by atoms with Crippen molar-refractivity contribution in [1.29, 1.82) is 0 Å². The van der Waals surface area contributed by atoms with Crippen molar-refractivity contribution in [3.05, 3.63) is 35.9 Å². The lowest BCUT2D eigenvalue weighted by atomic mass is 10.2. The summed E-state index contributed by atoms with van der Waals surface area (Å²) in [5, 5.41) is 0. The molecule has 0 heterocycles. The van der Waals surface area contributed by atoms with E-state index in [1.807, 2.05) is 30.3 Å². The molecular weight excluding hydrogens is 204 g/mol. The van der Waals surface area contributed by atoms with Gasteiger partial charge in [0.15, 0.2) is 0 Å². The van der Waals surface area contributed by atoms with Gasteiger partial charge in [0.2, 0.25) is 0 Å². The van der Waals surface area contributed by atoms with Crippen LogP contribution in [0.1, 0.15) is 18.9 Å². The average Bonchev–Trinajstić information content (AvgIpc) is 2.34. The Morgan fingerprint density at radius 2 is 2.12 bits per heavy atom. The first kappa shape index (κ1) is 12.3. The molecule has 1 aromatic rings. The highest BCUT2D eigenvalue weighted by Crippen LogP contribution is 2.18. The van der Waals surface area contributed by atoms with Crippen molar-refractivity contribution in [2.75, 3.05) is 13.7 Å². The molecular formula is C13H16O3. The molecule has 0 saturated heterocycles. The van der Waals surface area contributed by atoms with Gasteiger partial charge in [0, 0.05) is 12.0 Å². The van der Waals surface area contributed by atoms with Crippen molar-refractivity contribution in [1.82, 2.24) is 0 Å². The monoisotopic (exact) mass is 220 g/mol. The molecule has 0 fully saturated rings. The Morgan fingerprint density at radius 3 is 2.81 bits per heavy atom. The number of rotatable bonds is 5. The lowest BCUT2D eigenvalue weighted by molar-refractivity contribution is -0.141. The van der Waals surface area contributed by atoms with E-state index in [0.717, 1.165) is 11.3 Å². The van der Waals surface area contributed by atoms with Crippen molar-refractivity contribution in [3.8, 4) is 5.75 Å². The third kappa shape index (κ3) is 3.77. The minimum atomic E-state index is -0.190. The Morgan fingerprint density at radius 1 is 1.38 bits per heavy atom. The zero-order valence-corrected chi connectivity index (χ0v) is 9.60. The molecule has 0 aliphatic heterocycles. The fourth-order valence-electron chi connectivity index (χ4n) is 1.22.